The summed E-state index contributed by atoms with van der Waals surface area (Å²) >= 11 is 0. The van der Waals surface area contributed by atoms with E-state index in [9.17, 15) is 14.7 Å². The van der Waals surface area contributed by atoms with Crippen molar-refractivity contribution < 1.29 is 19.8 Å². The van der Waals surface area contributed by atoms with Gasteiger partial charge < -0.3 is 20.4 Å². The molecule has 0 aromatic carbocycles. The van der Waals surface area contributed by atoms with Gasteiger partial charge in [-0.1, -0.05) is 0 Å². The molecule has 0 aromatic rings. The van der Waals surface area contributed by atoms with Crippen molar-refractivity contribution in [1.82, 2.24) is 10.2 Å². The number of aliphatic hydroxyl groups is 1. The molecule has 1 saturated carbocycles. The first-order valence-corrected chi connectivity index (χ1v) is 7.04. The van der Waals surface area contributed by atoms with E-state index in [-0.39, 0.29) is 17.9 Å². The number of carbonyl (C=O) groups excluding carboxylic acids is 1. The maximum atomic E-state index is 12.4. The van der Waals surface area contributed by atoms with E-state index in [4.69, 9.17) is 5.11 Å². The molecule has 2 amide bonds. The van der Waals surface area contributed by atoms with Crippen molar-refractivity contribution >= 4 is 12.0 Å². The Bertz CT molecular complexity index is 334. The van der Waals surface area contributed by atoms with Crippen LogP contribution in [-0.4, -0.2) is 52.3 Å². The van der Waals surface area contributed by atoms with Gasteiger partial charge in [0.05, 0.1) is 6.10 Å². The molecule has 0 unspecified atom stereocenters. The predicted molar refractivity (Wildman–Crippen MR) is 68.7 cm³/mol. The minimum Gasteiger partial charge on any atom is -0.465 e. The fourth-order valence-electron chi connectivity index (χ4n) is 3.08. The molecule has 0 radical (unpaired) electrons. The van der Waals surface area contributed by atoms with Crippen LogP contribution in [0.3, 0.4) is 0 Å². The number of amides is 2. The SMILES string of the molecule is O=C(O)N[C@H](C(=O)N1CCCC1)C1CCC(O)CC1. The van der Waals surface area contributed by atoms with E-state index in [0.717, 1.165) is 25.9 Å². The van der Waals surface area contributed by atoms with Crippen LogP contribution in [0.25, 0.3) is 0 Å². The zero-order valence-corrected chi connectivity index (χ0v) is 11.0. The Morgan fingerprint density at radius 1 is 1.11 bits per heavy atom. The van der Waals surface area contributed by atoms with Crippen LogP contribution < -0.4 is 5.32 Å². The molecule has 2 rings (SSSR count). The Morgan fingerprint density at radius 3 is 2.21 bits per heavy atom. The summed E-state index contributed by atoms with van der Waals surface area (Å²) in [5.41, 5.74) is 0. The maximum Gasteiger partial charge on any atom is 0.405 e. The van der Waals surface area contributed by atoms with Gasteiger partial charge in [-0.2, -0.15) is 0 Å². The Kier molecular flexibility index (Phi) is 4.63. The highest BCUT2D eigenvalue weighted by molar-refractivity contribution is 5.85. The Hall–Kier alpha value is -1.30. The van der Waals surface area contributed by atoms with Gasteiger partial charge in [-0.15, -0.1) is 0 Å². The van der Waals surface area contributed by atoms with Gasteiger partial charge in [0.25, 0.3) is 0 Å². The predicted octanol–water partition coefficient (Wildman–Crippen LogP) is 0.796. The average Bonchev–Trinajstić information content (AvgIpc) is 2.90. The summed E-state index contributed by atoms with van der Waals surface area (Å²) in [7, 11) is 0. The Labute approximate surface area is 112 Å². The second-order valence-electron chi connectivity index (χ2n) is 5.53. The van der Waals surface area contributed by atoms with Crippen LogP contribution in [0.1, 0.15) is 38.5 Å². The number of hydrogen-bond donors (Lipinski definition) is 3. The minimum absolute atomic E-state index is 0.00704. The van der Waals surface area contributed by atoms with E-state index in [1.807, 2.05) is 0 Å². The van der Waals surface area contributed by atoms with Crippen molar-refractivity contribution in [1.29, 1.82) is 0 Å². The van der Waals surface area contributed by atoms with Gasteiger partial charge in [0.2, 0.25) is 5.91 Å². The number of nitrogens with zero attached hydrogens (tertiary/aromatic N) is 1. The zero-order valence-electron chi connectivity index (χ0n) is 11.0. The highest BCUT2D eigenvalue weighted by atomic mass is 16.4. The van der Waals surface area contributed by atoms with E-state index in [0.29, 0.717) is 25.7 Å². The molecule has 1 aliphatic carbocycles. The van der Waals surface area contributed by atoms with Crippen molar-refractivity contribution in [3.05, 3.63) is 0 Å². The molecule has 1 atom stereocenters. The molecule has 19 heavy (non-hydrogen) atoms. The summed E-state index contributed by atoms with van der Waals surface area (Å²) in [6.07, 6.45) is 3.24. The summed E-state index contributed by atoms with van der Waals surface area (Å²) in [5.74, 6) is -0.0890. The Morgan fingerprint density at radius 2 is 1.68 bits per heavy atom. The fourth-order valence-corrected chi connectivity index (χ4v) is 3.08. The summed E-state index contributed by atoms with van der Waals surface area (Å²) in [6, 6.07) is -0.650. The number of carbonyl (C=O) groups is 2. The smallest absolute Gasteiger partial charge is 0.405 e. The molecular weight excluding hydrogens is 248 g/mol. The third kappa shape index (κ3) is 3.59. The molecule has 0 bridgehead atoms. The van der Waals surface area contributed by atoms with E-state index >= 15 is 0 Å². The second kappa shape index (κ2) is 6.23. The Balaban J connectivity index is 2.01. The van der Waals surface area contributed by atoms with Gasteiger partial charge in [0.1, 0.15) is 6.04 Å². The second-order valence-corrected chi connectivity index (χ2v) is 5.53. The first-order valence-electron chi connectivity index (χ1n) is 7.04. The normalized spacial score (nSPS) is 29.0. The molecule has 2 aliphatic rings. The van der Waals surface area contributed by atoms with Gasteiger partial charge in [-0.3, -0.25) is 4.79 Å². The summed E-state index contributed by atoms with van der Waals surface area (Å²) in [6.45, 7) is 1.46. The van der Waals surface area contributed by atoms with Crippen molar-refractivity contribution in [3.8, 4) is 0 Å². The van der Waals surface area contributed by atoms with Crippen LogP contribution in [0.2, 0.25) is 0 Å². The monoisotopic (exact) mass is 270 g/mol. The summed E-state index contributed by atoms with van der Waals surface area (Å²) in [4.78, 5) is 25.1. The quantitative estimate of drug-likeness (QED) is 0.707. The number of hydrogen-bond acceptors (Lipinski definition) is 3. The zero-order chi connectivity index (χ0) is 13.8. The van der Waals surface area contributed by atoms with Crippen LogP contribution in [-0.2, 0) is 4.79 Å². The van der Waals surface area contributed by atoms with Crippen molar-refractivity contribution in [2.45, 2.75) is 50.7 Å². The van der Waals surface area contributed by atoms with Gasteiger partial charge in [-0.25, -0.2) is 4.79 Å². The number of likely N-dealkylation sites (tertiary alicyclic amines) is 1. The lowest BCUT2D eigenvalue weighted by Gasteiger charge is -2.33. The molecule has 108 valence electrons. The highest BCUT2D eigenvalue weighted by Crippen LogP contribution is 2.28. The fraction of sp³-hybridized carbons (Fsp3) is 0.846. The van der Waals surface area contributed by atoms with E-state index < -0.39 is 12.1 Å². The summed E-state index contributed by atoms with van der Waals surface area (Å²) < 4.78 is 0. The largest absolute Gasteiger partial charge is 0.465 e. The molecule has 6 nitrogen and oxygen atoms in total. The summed E-state index contributed by atoms with van der Waals surface area (Å²) in [5, 5.41) is 20.8. The molecule has 1 aliphatic heterocycles. The first-order chi connectivity index (χ1) is 9.08. The molecule has 1 heterocycles. The van der Waals surface area contributed by atoms with Crippen molar-refractivity contribution in [3.63, 3.8) is 0 Å². The molecule has 3 N–H and O–H groups in total. The van der Waals surface area contributed by atoms with Gasteiger partial charge >= 0.3 is 6.09 Å². The standard InChI is InChI=1S/C13H22N2O4/c16-10-5-3-9(4-6-10)11(14-13(18)19)12(17)15-7-1-2-8-15/h9-11,14,16H,1-8H2,(H,18,19)/t9?,10?,11-/m0/s1. The topological polar surface area (TPSA) is 89.9 Å². The number of nitrogens with one attached hydrogen (secondary N) is 1. The van der Waals surface area contributed by atoms with Crippen LogP contribution in [0.5, 0.6) is 0 Å². The molecular formula is C13H22N2O4. The minimum atomic E-state index is -1.15. The average molecular weight is 270 g/mol. The lowest BCUT2D eigenvalue weighted by Crippen LogP contribution is -2.52. The molecule has 0 aromatic heterocycles. The van der Waals surface area contributed by atoms with Gasteiger partial charge in [-0.05, 0) is 44.4 Å². The van der Waals surface area contributed by atoms with Crippen LogP contribution in [0.15, 0.2) is 0 Å². The van der Waals surface area contributed by atoms with Crippen molar-refractivity contribution in [2.24, 2.45) is 5.92 Å². The molecule has 0 spiro atoms. The van der Waals surface area contributed by atoms with E-state index in [1.165, 1.54) is 0 Å². The van der Waals surface area contributed by atoms with Gasteiger partial charge in [0.15, 0.2) is 0 Å². The molecule has 2 fully saturated rings. The molecule has 6 heteroatoms. The van der Waals surface area contributed by atoms with Gasteiger partial charge in [0, 0.05) is 13.1 Å². The number of carboxylic acid groups (broad SMARTS) is 1. The highest BCUT2D eigenvalue weighted by Gasteiger charge is 2.35. The third-order valence-corrected chi connectivity index (χ3v) is 4.18. The maximum absolute atomic E-state index is 12.4. The van der Waals surface area contributed by atoms with Crippen molar-refractivity contribution in [2.75, 3.05) is 13.1 Å². The molecule has 1 saturated heterocycles. The third-order valence-electron chi connectivity index (χ3n) is 4.18. The van der Waals surface area contributed by atoms with Crippen LogP contribution >= 0.6 is 0 Å². The lowest BCUT2D eigenvalue weighted by molar-refractivity contribution is -0.134. The first kappa shape index (κ1) is 14.1. The van der Waals surface area contributed by atoms with E-state index in [1.54, 1.807) is 4.90 Å². The number of rotatable bonds is 3. The van der Waals surface area contributed by atoms with Crippen LogP contribution in [0, 0.1) is 5.92 Å². The van der Waals surface area contributed by atoms with Crippen LogP contribution in [0.4, 0.5) is 4.79 Å². The lowest BCUT2D eigenvalue weighted by atomic mass is 9.82. The van der Waals surface area contributed by atoms with E-state index in [2.05, 4.69) is 5.32 Å². The number of aliphatic hydroxyl groups excluding tert-OH is 1.